The highest BCUT2D eigenvalue weighted by molar-refractivity contribution is 6.04. The number of amides is 1. The zero-order valence-corrected chi connectivity index (χ0v) is 16.3. The summed E-state index contributed by atoms with van der Waals surface area (Å²) < 4.78 is 3.39. The van der Waals surface area contributed by atoms with E-state index in [0.29, 0.717) is 29.2 Å². The van der Waals surface area contributed by atoms with Gasteiger partial charge in [0.25, 0.3) is 5.91 Å². The molecule has 1 aromatic carbocycles. The molecule has 0 spiro atoms. The summed E-state index contributed by atoms with van der Waals surface area (Å²) in [6, 6.07) is 7.13. The maximum absolute atomic E-state index is 12.6. The molecule has 0 saturated heterocycles. The fourth-order valence-electron chi connectivity index (χ4n) is 3.17. The van der Waals surface area contributed by atoms with E-state index in [-0.39, 0.29) is 11.6 Å². The van der Waals surface area contributed by atoms with Crippen molar-refractivity contribution in [1.29, 1.82) is 0 Å². The van der Waals surface area contributed by atoms with E-state index in [1.165, 1.54) is 0 Å². The van der Waals surface area contributed by atoms with Gasteiger partial charge in [-0.3, -0.25) is 24.3 Å². The van der Waals surface area contributed by atoms with Crippen molar-refractivity contribution in [2.45, 2.75) is 40.8 Å². The van der Waals surface area contributed by atoms with Crippen LogP contribution in [0.3, 0.4) is 0 Å². The third-order valence-electron chi connectivity index (χ3n) is 4.70. The molecule has 1 N–H and O–H groups in total. The Hall–Kier alpha value is -3.49. The highest BCUT2D eigenvalue weighted by atomic mass is 16.6. The number of nitro groups is 1. The first kappa shape index (κ1) is 19.3. The summed E-state index contributed by atoms with van der Waals surface area (Å²) in [5, 5.41) is 22.5. The summed E-state index contributed by atoms with van der Waals surface area (Å²) in [6.45, 7) is 8.24. The summed E-state index contributed by atoms with van der Waals surface area (Å²) in [4.78, 5) is 23.4. The molecule has 0 saturated carbocycles. The molecular formula is C19H22N6O3. The fourth-order valence-corrected chi connectivity index (χ4v) is 3.17. The Morgan fingerprint density at radius 2 is 1.96 bits per heavy atom. The molecule has 146 valence electrons. The summed E-state index contributed by atoms with van der Waals surface area (Å²) in [5.41, 5.74) is 3.77. The van der Waals surface area contributed by atoms with Crippen LogP contribution < -0.4 is 5.32 Å². The van der Waals surface area contributed by atoms with Crippen molar-refractivity contribution >= 4 is 17.3 Å². The van der Waals surface area contributed by atoms with Gasteiger partial charge in [-0.25, -0.2) is 0 Å². The third kappa shape index (κ3) is 3.64. The van der Waals surface area contributed by atoms with Crippen molar-refractivity contribution in [3.05, 3.63) is 68.8 Å². The summed E-state index contributed by atoms with van der Waals surface area (Å²) in [7, 11) is 0. The van der Waals surface area contributed by atoms with E-state index in [2.05, 4.69) is 15.5 Å². The van der Waals surface area contributed by atoms with Gasteiger partial charge in [-0.05, 0) is 45.4 Å². The van der Waals surface area contributed by atoms with Crippen molar-refractivity contribution < 1.29 is 9.72 Å². The Bertz CT molecular complexity index is 1050. The number of carbonyl (C=O) groups excluding carboxylic acids is 1. The second kappa shape index (κ2) is 7.63. The van der Waals surface area contributed by atoms with Gasteiger partial charge in [0.15, 0.2) is 0 Å². The summed E-state index contributed by atoms with van der Waals surface area (Å²) in [6.07, 6.45) is 1.63. The van der Waals surface area contributed by atoms with Gasteiger partial charge in [0.05, 0.1) is 29.0 Å². The molecule has 28 heavy (non-hydrogen) atoms. The molecular weight excluding hydrogens is 360 g/mol. The lowest BCUT2D eigenvalue weighted by molar-refractivity contribution is -0.386. The number of rotatable bonds is 6. The highest BCUT2D eigenvalue weighted by Gasteiger charge is 2.21. The van der Waals surface area contributed by atoms with Crippen LogP contribution in [-0.2, 0) is 13.1 Å². The van der Waals surface area contributed by atoms with Crippen molar-refractivity contribution in [3.8, 4) is 0 Å². The fraction of sp³-hybridized carbons (Fsp3) is 0.316. The van der Waals surface area contributed by atoms with Crippen LogP contribution in [0.15, 0.2) is 30.5 Å². The topological polar surface area (TPSA) is 108 Å². The zero-order chi connectivity index (χ0) is 20.4. The maximum Gasteiger partial charge on any atom is 0.312 e. The van der Waals surface area contributed by atoms with Gasteiger partial charge in [0, 0.05) is 12.1 Å². The predicted molar refractivity (Wildman–Crippen MR) is 104 cm³/mol. The van der Waals surface area contributed by atoms with Crippen LogP contribution in [0, 0.1) is 30.9 Å². The Morgan fingerprint density at radius 1 is 1.21 bits per heavy atom. The molecule has 0 aliphatic rings. The Kier molecular flexibility index (Phi) is 5.25. The second-order valence-corrected chi connectivity index (χ2v) is 6.55. The molecule has 0 radical (unpaired) electrons. The molecule has 0 fully saturated rings. The first-order valence-electron chi connectivity index (χ1n) is 8.93. The zero-order valence-electron chi connectivity index (χ0n) is 16.3. The van der Waals surface area contributed by atoms with Crippen molar-refractivity contribution in [1.82, 2.24) is 19.6 Å². The van der Waals surface area contributed by atoms with E-state index >= 15 is 0 Å². The average molecular weight is 382 g/mol. The van der Waals surface area contributed by atoms with Crippen molar-refractivity contribution in [2.75, 3.05) is 5.32 Å². The predicted octanol–water partition coefficient (Wildman–Crippen LogP) is 3.23. The lowest BCUT2D eigenvalue weighted by Crippen LogP contribution is -2.13. The normalized spacial score (nSPS) is 10.9. The Balaban J connectivity index is 1.80. The van der Waals surface area contributed by atoms with Crippen molar-refractivity contribution in [2.24, 2.45) is 0 Å². The van der Waals surface area contributed by atoms with E-state index in [1.807, 2.05) is 24.6 Å². The first-order valence-corrected chi connectivity index (χ1v) is 8.93. The molecule has 2 heterocycles. The summed E-state index contributed by atoms with van der Waals surface area (Å²) in [5.74, 6) is -0.236. The van der Waals surface area contributed by atoms with Gasteiger partial charge in [-0.15, -0.1) is 0 Å². The minimum absolute atomic E-state index is 0.0253. The summed E-state index contributed by atoms with van der Waals surface area (Å²) >= 11 is 0. The number of nitrogens with one attached hydrogen (secondary N) is 1. The smallest absolute Gasteiger partial charge is 0.312 e. The van der Waals surface area contributed by atoms with Crippen LogP contribution in [0.5, 0.6) is 0 Å². The van der Waals surface area contributed by atoms with E-state index in [0.717, 1.165) is 17.8 Å². The minimum Gasteiger partial charge on any atom is -0.319 e. The number of aromatic nitrogens is 4. The molecule has 9 heteroatoms. The Labute approximate surface area is 162 Å². The third-order valence-corrected chi connectivity index (χ3v) is 4.70. The van der Waals surface area contributed by atoms with Gasteiger partial charge < -0.3 is 5.32 Å². The van der Waals surface area contributed by atoms with E-state index in [4.69, 9.17) is 0 Å². The van der Waals surface area contributed by atoms with E-state index in [9.17, 15) is 14.9 Å². The average Bonchev–Trinajstić information content (AvgIpc) is 3.14. The monoisotopic (exact) mass is 382 g/mol. The number of hydrogen-bond acceptors (Lipinski definition) is 5. The van der Waals surface area contributed by atoms with Crippen molar-refractivity contribution in [3.63, 3.8) is 0 Å². The van der Waals surface area contributed by atoms with E-state index < -0.39 is 4.92 Å². The molecule has 3 rings (SSSR count). The van der Waals surface area contributed by atoms with Crippen LogP contribution in [-0.4, -0.2) is 30.4 Å². The van der Waals surface area contributed by atoms with Crippen LogP contribution in [0.4, 0.5) is 11.4 Å². The SMILES string of the molecule is CCn1ncc(NC(=O)c2cccc(Cn3nc(C)c([N+](=O)[O-])c3C)c2)c1C. The second-order valence-electron chi connectivity index (χ2n) is 6.55. The molecule has 0 aliphatic carbocycles. The lowest BCUT2D eigenvalue weighted by atomic mass is 10.1. The Morgan fingerprint density at radius 3 is 2.57 bits per heavy atom. The number of nitrogens with zero attached hydrogens (tertiary/aromatic N) is 5. The molecule has 9 nitrogen and oxygen atoms in total. The van der Waals surface area contributed by atoms with Gasteiger partial charge >= 0.3 is 5.69 Å². The number of benzene rings is 1. The van der Waals surface area contributed by atoms with Gasteiger partial charge in [0.1, 0.15) is 11.4 Å². The van der Waals surface area contributed by atoms with Crippen LogP contribution in [0.1, 0.15) is 39.9 Å². The number of carbonyl (C=O) groups is 1. The number of hydrogen-bond donors (Lipinski definition) is 1. The quantitative estimate of drug-likeness (QED) is 0.520. The van der Waals surface area contributed by atoms with Crippen LogP contribution >= 0.6 is 0 Å². The molecule has 1 amide bonds. The van der Waals surface area contributed by atoms with Gasteiger partial charge in [0.2, 0.25) is 0 Å². The number of anilines is 1. The molecule has 2 aromatic heterocycles. The maximum atomic E-state index is 12.6. The standard InChI is InChI=1S/C19H22N6O3/c1-5-23-13(3)17(10-20-23)21-19(26)16-8-6-7-15(9-16)11-24-14(4)18(25(27)28)12(2)22-24/h6-10H,5,11H2,1-4H3,(H,21,26). The van der Waals surface area contributed by atoms with E-state index in [1.54, 1.807) is 42.9 Å². The van der Waals surface area contributed by atoms with Crippen LogP contribution in [0.2, 0.25) is 0 Å². The molecule has 3 aromatic rings. The molecule has 0 atom stereocenters. The minimum atomic E-state index is -0.420. The lowest BCUT2D eigenvalue weighted by Gasteiger charge is -2.08. The van der Waals surface area contributed by atoms with Crippen LogP contribution in [0.25, 0.3) is 0 Å². The number of aryl methyl sites for hydroxylation is 2. The molecule has 0 aliphatic heterocycles. The molecule has 0 unspecified atom stereocenters. The van der Waals surface area contributed by atoms with Gasteiger partial charge in [-0.1, -0.05) is 12.1 Å². The largest absolute Gasteiger partial charge is 0.319 e. The molecule has 0 bridgehead atoms. The first-order chi connectivity index (χ1) is 13.3. The van der Waals surface area contributed by atoms with Gasteiger partial charge in [-0.2, -0.15) is 10.2 Å². The highest BCUT2D eigenvalue weighted by Crippen LogP contribution is 2.23.